The predicted molar refractivity (Wildman–Crippen MR) is 122 cm³/mol. The normalized spacial score (nSPS) is 12.6. The van der Waals surface area contributed by atoms with E-state index in [2.05, 4.69) is 12.2 Å². The summed E-state index contributed by atoms with van der Waals surface area (Å²) in [6, 6.07) is -1.15. The minimum absolute atomic E-state index is 0.101. The lowest BCUT2D eigenvalue weighted by Gasteiger charge is -2.39. The maximum atomic E-state index is 13.9. The fourth-order valence-corrected chi connectivity index (χ4v) is 3.75. The Balaban J connectivity index is 3.00. The summed E-state index contributed by atoms with van der Waals surface area (Å²) in [5.41, 5.74) is -1.43. The highest BCUT2D eigenvalue weighted by molar-refractivity contribution is 5.89. The van der Waals surface area contributed by atoms with Gasteiger partial charge in [-0.25, -0.2) is 26.7 Å². The molecule has 0 radical (unpaired) electrons. The highest BCUT2D eigenvalue weighted by atomic mass is 19.2. The molecule has 2 N–H and O–H groups in total. The number of rotatable bonds is 17. The van der Waals surface area contributed by atoms with Crippen molar-refractivity contribution in [2.45, 2.75) is 78.6 Å². The van der Waals surface area contributed by atoms with Crippen LogP contribution in [0.15, 0.2) is 0 Å². The second kappa shape index (κ2) is 15.9. The van der Waals surface area contributed by atoms with Crippen LogP contribution in [0.25, 0.3) is 0 Å². The highest BCUT2D eigenvalue weighted by Gasteiger charge is 2.42. The minimum Gasteiger partial charge on any atom is -0.337 e. The summed E-state index contributed by atoms with van der Waals surface area (Å²) < 4.78 is 85.5. The number of anilines is 1. The standard InChI is InChI=1S/C24H37F5N2O4/c1-5-9-10-11-12-13-14-16(24(33-6-2,34-7-3)35-8-4)15-30-23(32)31-22-20(28)18(26)17(25)19(27)21(22)29/h16H,5-15H2,1-4H3,(H2,30,31,32). The number of halogens is 5. The highest BCUT2D eigenvalue weighted by Crippen LogP contribution is 2.31. The third-order valence-corrected chi connectivity index (χ3v) is 5.40. The largest absolute Gasteiger partial charge is 0.337 e. The molecular formula is C24H37F5N2O4. The van der Waals surface area contributed by atoms with Gasteiger partial charge in [0.15, 0.2) is 23.3 Å². The van der Waals surface area contributed by atoms with Crippen LogP contribution in [0.4, 0.5) is 32.4 Å². The molecule has 0 aliphatic carbocycles. The number of ether oxygens (including phenoxy) is 3. The summed E-state index contributed by atoms with van der Waals surface area (Å²) in [6.07, 6.45) is 6.67. The lowest BCUT2D eigenvalue weighted by Crippen LogP contribution is -2.51. The van der Waals surface area contributed by atoms with Gasteiger partial charge in [0.25, 0.3) is 5.97 Å². The SMILES string of the molecule is CCCCCCCCC(CNC(=O)Nc1c(F)c(F)c(F)c(F)c1F)C(OCC)(OCC)OCC. The van der Waals surface area contributed by atoms with E-state index in [1.807, 2.05) is 0 Å². The van der Waals surface area contributed by atoms with E-state index in [0.717, 1.165) is 38.5 Å². The lowest BCUT2D eigenvalue weighted by atomic mass is 9.97. The molecule has 0 spiro atoms. The van der Waals surface area contributed by atoms with E-state index in [0.29, 0.717) is 6.42 Å². The van der Waals surface area contributed by atoms with Gasteiger partial charge in [-0.05, 0) is 27.2 Å². The van der Waals surface area contributed by atoms with Crippen LogP contribution >= 0.6 is 0 Å². The molecule has 0 heterocycles. The monoisotopic (exact) mass is 512 g/mol. The van der Waals surface area contributed by atoms with Gasteiger partial charge in [-0.1, -0.05) is 45.4 Å². The van der Waals surface area contributed by atoms with Crippen molar-refractivity contribution in [1.82, 2.24) is 5.32 Å². The molecule has 1 aromatic carbocycles. The van der Waals surface area contributed by atoms with Crippen LogP contribution in [0, 0.1) is 35.0 Å². The van der Waals surface area contributed by atoms with E-state index < -0.39 is 52.7 Å². The molecule has 0 bridgehead atoms. The maximum absolute atomic E-state index is 13.9. The zero-order valence-electron chi connectivity index (χ0n) is 20.9. The van der Waals surface area contributed by atoms with Crippen LogP contribution in [0.3, 0.4) is 0 Å². The zero-order valence-corrected chi connectivity index (χ0v) is 20.9. The van der Waals surface area contributed by atoms with E-state index in [-0.39, 0.29) is 26.4 Å². The second-order valence-corrected chi connectivity index (χ2v) is 7.94. The summed E-state index contributed by atoms with van der Waals surface area (Å²) in [5, 5.41) is 4.13. The van der Waals surface area contributed by atoms with Crippen molar-refractivity contribution in [2.75, 3.05) is 31.7 Å². The van der Waals surface area contributed by atoms with E-state index in [4.69, 9.17) is 14.2 Å². The first-order valence-electron chi connectivity index (χ1n) is 12.2. The fraction of sp³-hybridized carbons (Fsp3) is 0.708. The van der Waals surface area contributed by atoms with Gasteiger partial charge >= 0.3 is 6.03 Å². The number of hydrogen-bond donors (Lipinski definition) is 2. The summed E-state index contributed by atoms with van der Waals surface area (Å²) in [4.78, 5) is 12.4. The number of hydrogen-bond acceptors (Lipinski definition) is 4. The molecule has 6 nitrogen and oxygen atoms in total. The van der Waals surface area contributed by atoms with E-state index >= 15 is 0 Å². The number of benzene rings is 1. The van der Waals surface area contributed by atoms with Crippen molar-refractivity contribution in [3.8, 4) is 0 Å². The van der Waals surface area contributed by atoms with E-state index in [1.54, 1.807) is 26.1 Å². The Bertz CT molecular complexity index is 752. The molecule has 0 fully saturated rings. The molecule has 1 rings (SSSR count). The molecule has 0 aliphatic heterocycles. The maximum Gasteiger partial charge on any atom is 0.319 e. The van der Waals surface area contributed by atoms with Crippen molar-refractivity contribution in [1.29, 1.82) is 0 Å². The van der Waals surface area contributed by atoms with Gasteiger partial charge in [0.05, 0.1) is 5.92 Å². The topological polar surface area (TPSA) is 68.8 Å². The van der Waals surface area contributed by atoms with Crippen molar-refractivity contribution >= 4 is 11.7 Å². The number of unbranched alkanes of at least 4 members (excludes halogenated alkanes) is 5. The number of nitrogens with one attached hydrogen (secondary N) is 2. The minimum atomic E-state index is -2.31. The third-order valence-electron chi connectivity index (χ3n) is 5.40. The van der Waals surface area contributed by atoms with Gasteiger partial charge in [0.2, 0.25) is 5.82 Å². The first-order valence-corrected chi connectivity index (χ1v) is 12.2. The van der Waals surface area contributed by atoms with Crippen LogP contribution in [0.2, 0.25) is 0 Å². The molecule has 0 aromatic heterocycles. The quantitative estimate of drug-likeness (QED) is 0.0808. The average molecular weight is 513 g/mol. The molecule has 11 heteroatoms. The fourth-order valence-electron chi connectivity index (χ4n) is 3.75. The molecule has 0 aliphatic rings. The third kappa shape index (κ3) is 8.88. The van der Waals surface area contributed by atoms with Crippen LogP contribution in [0.5, 0.6) is 0 Å². The first kappa shape index (κ1) is 31.1. The molecule has 35 heavy (non-hydrogen) atoms. The summed E-state index contributed by atoms with van der Waals surface area (Å²) in [7, 11) is 0. The Morgan fingerprint density at radius 3 is 1.69 bits per heavy atom. The van der Waals surface area contributed by atoms with Crippen LogP contribution < -0.4 is 10.6 Å². The average Bonchev–Trinajstić information content (AvgIpc) is 2.83. The smallest absolute Gasteiger partial charge is 0.319 e. The van der Waals surface area contributed by atoms with Crippen molar-refractivity contribution in [3.63, 3.8) is 0 Å². The van der Waals surface area contributed by atoms with Crippen molar-refractivity contribution < 1.29 is 41.0 Å². The zero-order chi connectivity index (χ0) is 26.4. The molecule has 1 atom stereocenters. The summed E-state index contributed by atoms with van der Waals surface area (Å²) >= 11 is 0. The molecule has 0 saturated carbocycles. The molecule has 202 valence electrons. The van der Waals surface area contributed by atoms with Gasteiger partial charge in [-0.2, -0.15) is 0 Å². The predicted octanol–water partition coefficient (Wildman–Crippen LogP) is 6.63. The molecule has 0 saturated heterocycles. The van der Waals surface area contributed by atoms with Gasteiger partial charge in [0, 0.05) is 26.4 Å². The van der Waals surface area contributed by atoms with Crippen molar-refractivity contribution in [2.24, 2.45) is 5.92 Å². The molecule has 1 aromatic rings. The Kier molecular flexibility index (Phi) is 14.1. The van der Waals surface area contributed by atoms with Gasteiger partial charge in [-0.3, -0.25) is 0 Å². The molecule has 2 amide bonds. The summed E-state index contributed by atoms with van der Waals surface area (Å²) in [6.45, 7) is 8.07. The number of amides is 2. The number of carbonyl (C=O) groups excluding carboxylic acids is 1. The van der Waals surface area contributed by atoms with Gasteiger partial charge < -0.3 is 24.8 Å². The lowest BCUT2D eigenvalue weighted by molar-refractivity contribution is -0.401. The van der Waals surface area contributed by atoms with Gasteiger partial charge in [0.1, 0.15) is 5.69 Å². The number of urea groups is 1. The van der Waals surface area contributed by atoms with Crippen LogP contribution in [-0.4, -0.2) is 38.4 Å². The van der Waals surface area contributed by atoms with Gasteiger partial charge in [-0.15, -0.1) is 0 Å². The van der Waals surface area contributed by atoms with Crippen LogP contribution in [-0.2, 0) is 14.2 Å². The van der Waals surface area contributed by atoms with Crippen LogP contribution in [0.1, 0.15) is 72.6 Å². The first-order chi connectivity index (χ1) is 16.7. The Labute approximate surface area is 203 Å². The van der Waals surface area contributed by atoms with E-state index in [9.17, 15) is 26.7 Å². The van der Waals surface area contributed by atoms with E-state index in [1.165, 1.54) is 0 Å². The Hall–Kier alpha value is -1.98. The number of carbonyl (C=O) groups is 1. The summed E-state index contributed by atoms with van der Waals surface area (Å²) in [5.74, 6) is -12.9. The Morgan fingerprint density at radius 2 is 1.20 bits per heavy atom. The van der Waals surface area contributed by atoms with Crippen molar-refractivity contribution in [3.05, 3.63) is 29.1 Å². The molecule has 1 unspecified atom stereocenters. The second-order valence-electron chi connectivity index (χ2n) is 7.94. The molecular weight excluding hydrogens is 475 g/mol. The Morgan fingerprint density at radius 1 is 0.743 bits per heavy atom.